The molecule has 0 amide bonds. The van der Waals surface area contributed by atoms with E-state index in [1.54, 1.807) is 39.4 Å². The van der Waals surface area contributed by atoms with Gasteiger partial charge in [-0.15, -0.1) is 0 Å². The third-order valence-corrected chi connectivity index (χ3v) is 4.82. The van der Waals surface area contributed by atoms with Crippen molar-refractivity contribution < 1.29 is 14.7 Å². The lowest BCUT2D eigenvalue weighted by molar-refractivity contribution is 0.0695. The third kappa shape index (κ3) is 2.92. The smallest absolute Gasteiger partial charge is 0.335 e. The molecule has 0 saturated heterocycles. The fraction of sp³-hybridized carbons (Fsp3) is 0.190. The molecule has 0 bridgehead atoms. The summed E-state index contributed by atoms with van der Waals surface area (Å²) in [6.07, 6.45) is 5.19. The Bertz CT molecular complexity index is 1020. The highest BCUT2D eigenvalue weighted by atomic mass is 16.4. The standard InChI is InChI=1S/C21H20N2O3/c1-12-5-6-16(23-8-7-22-11-23)10-17(12)20(24)19-13(2)9-18(21(25)26)14(3)15(19)4/h5-11H,1-4H3,(H,25,26). The molecule has 26 heavy (non-hydrogen) atoms. The second-order valence-corrected chi connectivity index (χ2v) is 6.47. The minimum Gasteiger partial charge on any atom is -0.478 e. The first-order valence-electron chi connectivity index (χ1n) is 8.29. The van der Waals surface area contributed by atoms with Gasteiger partial charge < -0.3 is 9.67 Å². The van der Waals surface area contributed by atoms with Gasteiger partial charge in [-0.25, -0.2) is 9.78 Å². The fourth-order valence-corrected chi connectivity index (χ4v) is 3.22. The molecule has 1 heterocycles. The Morgan fingerprint density at radius 1 is 0.962 bits per heavy atom. The normalized spacial score (nSPS) is 10.8. The summed E-state index contributed by atoms with van der Waals surface area (Å²) in [7, 11) is 0. The topological polar surface area (TPSA) is 72.2 Å². The quantitative estimate of drug-likeness (QED) is 0.723. The van der Waals surface area contributed by atoms with E-state index in [1.807, 2.05) is 35.9 Å². The first-order valence-corrected chi connectivity index (χ1v) is 8.29. The van der Waals surface area contributed by atoms with E-state index in [2.05, 4.69) is 4.98 Å². The second kappa shape index (κ2) is 6.59. The van der Waals surface area contributed by atoms with Crippen LogP contribution < -0.4 is 0 Å². The third-order valence-electron chi connectivity index (χ3n) is 4.82. The molecule has 3 rings (SSSR count). The summed E-state index contributed by atoms with van der Waals surface area (Å²) >= 11 is 0. The largest absolute Gasteiger partial charge is 0.478 e. The molecule has 0 fully saturated rings. The van der Waals surface area contributed by atoms with E-state index in [0.717, 1.165) is 11.3 Å². The number of rotatable bonds is 4. The molecule has 3 aromatic rings. The van der Waals surface area contributed by atoms with Crippen molar-refractivity contribution in [2.24, 2.45) is 0 Å². The predicted octanol–water partition coefficient (Wildman–Crippen LogP) is 4.04. The molecule has 132 valence electrons. The van der Waals surface area contributed by atoms with E-state index in [1.165, 1.54) is 0 Å². The Kier molecular flexibility index (Phi) is 4.47. The van der Waals surface area contributed by atoms with Crippen LogP contribution >= 0.6 is 0 Å². The highest BCUT2D eigenvalue weighted by molar-refractivity contribution is 6.12. The molecule has 0 unspecified atom stereocenters. The molecule has 0 saturated carbocycles. The zero-order valence-electron chi connectivity index (χ0n) is 15.2. The average molecular weight is 348 g/mol. The van der Waals surface area contributed by atoms with Crippen LogP contribution in [0.25, 0.3) is 5.69 Å². The first kappa shape index (κ1) is 17.6. The van der Waals surface area contributed by atoms with Crippen LogP contribution in [0.4, 0.5) is 0 Å². The van der Waals surface area contributed by atoms with Gasteiger partial charge in [0.15, 0.2) is 5.78 Å². The van der Waals surface area contributed by atoms with E-state index in [4.69, 9.17) is 0 Å². The maximum Gasteiger partial charge on any atom is 0.335 e. The van der Waals surface area contributed by atoms with E-state index >= 15 is 0 Å². The molecule has 5 heteroatoms. The Morgan fingerprint density at radius 3 is 2.31 bits per heavy atom. The van der Waals surface area contributed by atoms with Gasteiger partial charge in [-0.05, 0) is 68.1 Å². The van der Waals surface area contributed by atoms with Crippen molar-refractivity contribution in [1.82, 2.24) is 9.55 Å². The molecule has 1 N–H and O–H groups in total. The Hall–Kier alpha value is -3.21. The second-order valence-electron chi connectivity index (χ2n) is 6.47. The van der Waals surface area contributed by atoms with Crippen molar-refractivity contribution in [3.63, 3.8) is 0 Å². The summed E-state index contributed by atoms with van der Waals surface area (Å²) in [5.74, 6) is -1.08. The maximum absolute atomic E-state index is 13.3. The molecule has 0 radical (unpaired) electrons. The Labute approximate surface area is 151 Å². The van der Waals surface area contributed by atoms with Gasteiger partial charge in [0, 0.05) is 29.2 Å². The van der Waals surface area contributed by atoms with E-state index in [9.17, 15) is 14.7 Å². The molecular formula is C21H20N2O3. The van der Waals surface area contributed by atoms with Gasteiger partial charge in [-0.1, -0.05) is 6.07 Å². The zero-order chi connectivity index (χ0) is 19.0. The summed E-state index contributed by atoms with van der Waals surface area (Å²) < 4.78 is 1.84. The van der Waals surface area contributed by atoms with E-state index in [-0.39, 0.29) is 11.3 Å². The van der Waals surface area contributed by atoms with Crippen molar-refractivity contribution in [2.75, 3.05) is 0 Å². The van der Waals surface area contributed by atoms with Gasteiger partial charge in [0.1, 0.15) is 0 Å². The van der Waals surface area contributed by atoms with Gasteiger partial charge in [0.05, 0.1) is 11.9 Å². The van der Waals surface area contributed by atoms with Crippen molar-refractivity contribution in [3.05, 3.63) is 81.9 Å². The molecule has 1 aromatic heterocycles. The van der Waals surface area contributed by atoms with Gasteiger partial charge in [0.25, 0.3) is 0 Å². The molecule has 0 spiro atoms. The number of nitrogens with zero attached hydrogens (tertiary/aromatic N) is 2. The number of carboxylic acids is 1. The van der Waals surface area contributed by atoms with Crippen LogP contribution in [0.1, 0.15) is 48.5 Å². The van der Waals surface area contributed by atoms with Crippen LogP contribution in [0.5, 0.6) is 0 Å². The van der Waals surface area contributed by atoms with Crippen LogP contribution in [-0.2, 0) is 0 Å². The number of carbonyl (C=O) groups excluding carboxylic acids is 1. The average Bonchev–Trinajstić information content (AvgIpc) is 3.12. The summed E-state index contributed by atoms with van der Waals surface area (Å²) in [6, 6.07) is 7.27. The summed E-state index contributed by atoms with van der Waals surface area (Å²) in [4.78, 5) is 28.7. The molecule has 0 aliphatic heterocycles. The number of hydrogen-bond acceptors (Lipinski definition) is 3. The highest BCUT2D eigenvalue weighted by Gasteiger charge is 2.21. The minimum atomic E-state index is -0.981. The van der Waals surface area contributed by atoms with Crippen LogP contribution in [-0.4, -0.2) is 26.4 Å². The molecule has 0 atom stereocenters. The van der Waals surface area contributed by atoms with E-state index in [0.29, 0.717) is 27.8 Å². The minimum absolute atomic E-state index is 0.0977. The first-order chi connectivity index (χ1) is 12.3. The number of carboxylic acid groups (broad SMARTS) is 1. The number of carbonyl (C=O) groups is 2. The van der Waals surface area contributed by atoms with Gasteiger partial charge in [-0.3, -0.25) is 4.79 Å². The molecular weight excluding hydrogens is 328 g/mol. The molecule has 0 aliphatic carbocycles. The van der Waals surface area contributed by atoms with Crippen molar-refractivity contribution in [1.29, 1.82) is 0 Å². The number of benzene rings is 2. The van der Waals surface area contributed by atoms with Crippen molar-refractivity contribution >= 4 is 11.8 Å². The molecule has 0 aliphatic rings. The lowest BCUT2D eigenvalue weighted by atomic mass is 9.88. The van der Waals surface area contributed by atoms with Gasteiger partial charge >= 0.3 is 5.97 Å². The van der Waals surface area contributed by atoms with Gasteiger partial charge in [0.2, 0.25) is 0 Å². The number of aromatic carboxylic acids is 1. The monoisotopic (exact) mass is 348 g/mol. The number of imidazole rings is 1. The Morgan fingerprint density at radius 2 is 1.69 bits per heavy atom. The van der Waals surface area contributed by atoms with Crippen LogP contribution in [0.15, 0.2) is 43.0 Å². The van der Waals surface area contributed by atoms with Crippen LogP contribution in [0, 0.1) is 27.7 Å². The van der Waals surface area contributed by atoms with Crippen LogP contribution in [0.2, 0.25) is 0 Å². The zero-order valence-corrected chi connectivity index (χ0v) is 15.2. The van der Waals surface area contributed by atoms with Gasteiger partial charge in [-0.2, -0.15) is 0 Å². The summed E-state index contributed by atoms with van der Waals surface area (Å²) in [6.45, 7) is 7.22. The summed E-state index contributed by atoms with van der Waals surface area (Å²) in [5.41, 5.74) is 5.13. The molecule has 2 aromatic carbocycles. The predicted molar refractivity (Wildman–Crippen MR) is 99.3 cm³/mol. The highest BCUT2D eigenvalue weighted by Crippen LogP contribution is 2.26. The number of aryl methyl sites for hydroxylation is 2. The lowest BCUT2D eigenvalue weighted by Gasteiger charge is -2.16. The molecule has 5 nitrogen and oxygen atoms in total. The number of ketones is 1. The van der Waals surface area contributed by atoms with Crippen molar-refractivity contribution in [2.45, 2.75) is 27.7 Å². The van der Waals surface area contributed by atoms with Crippen LogP contribution in [0.3, 0.4) is 0 Å². The Balaban J connectivity index is 2.15. The van der Waals surface area contributed by atoms with E-state index < -0.39 is 5.97 Å². The maximum atomic E-state index is 13.3. The fourth-order valence-electron chi connectivity index (χ4n) is 3.22. The SMILES string of the molecule is Cc1ccc(-n2ccnc2)cc1C(=O)c1c(C)cc(C(=O)O)c(C)c1C. The lowest BCUT2D eigenvalue weighted by Crippen LogP contribution is -2.13. The number of aromatic nitrogens is 2. The van der Waals surface area contributed by atoms with Crippen molar-refractivity contribution in [3.8, 4) is 5.69 Å². The summed E-state index contributed by atoms with van der Waals surface area (Å²) in [5, 5.41) is 9.35. The number of hydrogen-bond donors (Lipinski definition) is 1.